The Balaban J connectivity index is 0. The number of hydrogen-bond donors (Lipinski definition) is 2. The molecule has 1 heterocycles. The lowest BCUT2D eigenvalue weighted by Crippen LogP contribution is -2.41. The van der Waals surface area contributed by atoms with Gasteiger partial charge in [0, 0.05) is 19.0 Å². The van der Waals surface area contributed by atoms with Gasteiger partial charge in [0.05, 0.1) is 6.04 Å². The Morgan fingerprint density at radius 3 is 2.36 bits per heavy atom. The van der Waals surface area contributed by atoms with Gasteiger partial charge < -0.3 is 10.6 Å². The van der Waals surface area contributed by atoms with Gasteiger partial charge in [0.1, 0.15) is 0 Å². The first-order chi connectivity index (χ1) is 9.63. The molecule has 0 saturated heterocycles. The van der Waals surface area contributed by atoms with E-state index in [-0.39, 0.29) is 42.7 Å². The number of hydrogen-bond acceptors (Lipinski definition) is 4. The van der Waals surface area contributed by atoms with Crippen molar-refractivity contribution < 1.29 is 4.79 Å². The zero-order valence-corrected chi connectivity index (χ0v) is 16.2. The molecule has 2 unspecified atom stereocenters. The lowest BCUT2D eigenvalue weighted by molar-refractivity contribution is -0.124. The van der Waals surface area contributed by atoms with Crippen LogP contribution in [0.25, 0.3) is 0 Å². The first kappa shape index (κ1) is 23.9. The van der Waals surface area contributed by atoms with Crippen LogP contribution in [0.3, 0.4) is 0 Å². The van der Waals surface area contributed by atoms with Crippen molar-refractivity contribution in [3.8, 4) is 0 Å². The number of thiophene rings is 1. The fourth-order valence-corrected chi connectivity index (χ4v) is 3.06. The van der Waals surface area contributed by atoms with Crippen LogP contribution in [0.2, 0.25) is 0 Å². The number of halogens is 2. The topological polar surface area (TPSA) is 44.4 Å². The van der Waals surface area contributed by atoms with Gasteiger partial charge in [-0.15, -0.1) is 24.8 Å². The average molecular weight is 370 g/mol. The summed E-state index contributed by atoms with van der Waals surface area (Å²) < 4.78 is 0. The number of nitrogens with zero attached hydrogens (tertiary/aromatic N) is 1. The van der Waals surface area contributed by atoms with E-state index >= 15 is 0 Å². The summed E-state index contributed by atoms with van der Waals surface area (Å²) in [5.74, 6) is 0.117. The van der Waals surface area contributed by atoms with Crippen LogP contribution < -0.4 is 10.6 Å². The maximum Gasteiger partial charge on any atom is 0.224 e. The lowest BCUT2D eigenvalue weighted by atomic mass is 10.1. The predicted molar refractivity (Wildman–Crippen MR) is 101 cm³/mol. The molecule has 1 amide bonds. The number of nitrogens with one attached hydrogen (secondary N) is 2. The van der Waals surface area contributed by atoms with Crippen molar-refractivity contribution in [1.82, 2.24) is 15.5 Å². The molecule has 2 N–H and O–H groups in total. The lowest BCUT2D eigenvalue weighted by Gasteiger charge is -2.29. The van der Waals surface area contributed by atoms with Gasteiger partial charge in [0.2, 0.25) is 5.91 Å². The van der Waals surface area contributed by atoms with Gasteiger partial charge in [0.25, 0.3) is 0 Å². The summed E-state index contributed by atoms with van der Waals surface area (Å²) in [4.78, 5) is 14.4. The minimum absolute atomic E-state index is 0. The molecule has 4 nitrogen and oxygen atoms in total. The van der Waals surface area contributed by atoms with Gasteiger partial charge in [0.15, 0.2) is 0 Å². The van der Waals surface area contributed by atoms with Gasteiger partial charge in [-0.05, 0) is 42.5 Å². The zero-order valence-electron chi connectivity index (χ0n) is 13.8. The maximum atomic E-state index is 12.0. The number of carbonyl (C=O) groups excluding carboxylic acids is 1. The highest BCUT2D eigenvalue weighted by Gasteiger charge is 2.20. The largest absolute Gasteiger partial charge is 0.354 e. The average Bonchev–Trinajstić information content (AvgIpc) is 2.97. The summed E-state index contributed by atoms with van der Waals surface area (Å²) >= 11 is 1.71. The Labute approximate surface area is 150 Å². The zero-order chi connectivity index (χ0) is 15.0. The van der Waals surface area contributed by atoms with E-state index in [0.29, 0.717) is 13.1 Å². The molecule has 0 fully saturated rings. The maximum absolute atomic E-state index is 12.0. The van der Waals surface area contributed by atoms with E-state index in [1.165, 1.54) is 5.56 Å². The molecule has 0 radical (unpaired) electrons. The van der Waals surface area contributed by atoms with Crippen molar-refractivity contribution in [2.45, 2.75) is 26.8 Å². The summed E-state index contributed by atoms with van der Waals surface area (Å²) in [6.07, 6.45) is 0. The van der Waals surface area contributed by atoms with Crippen LogP contribution in [0.5, 0.6) is 0 Å². The van der Waals surface area contributed by atoms with Crippen molar-refractivity contribution in [2.24, 2.45) is 5.92 Å². The minimum Gasteiger partial charge on any atom is -0.354 e. The van der Waals surface area contributed by atoms with Crippen LogP contribution in [0.1, 0.15) is 32.4 Å². The molecule has 22 heavy (non-hydrogen) atoms. The van der Waals surface area contributed by atoms with Crippen LogP contribution in [-0.4, -0.2) is 44.0 Å². The number of likely N-dealkylation sites (N-methyl/N-ethyl adjacent to an activating group) is 1. The fraction of sp³-hybridized carbons (Fsp3) is 0.667. The predicted octanol–water partition coefficient (Wildman–Crippen LogP) is 2.95. The fourth-order valence-electron chi connectivity index (χ4n) is 2.36. The molecule has 1 aromatic heterocycles. The Hall–Kier alpha value is -0.330. The van der Waals surface area contributed by atoms with Gasteiger partial charge in [-0.25, -0.2) is 0 Å². The summed E-state index contributed by atoms with van der Waals surface area (Å²) in [5.41, 5.74) is 1.29. The number of amides is 1. The van der Waals surface area contributed by atoms with Crippen molar-refractivity contribution >= 4 is 42.1 Å². The van der Waals surface area contributed by atoms with E-state index < -0.39 is 0 Å². The van der Waals surface area contributed by atoms with Gasteiger partial charge in [-0.2, -0.15) is 11.3 Å². The molecule has 7 heteroatoms. The third-order valence-electron chi connectivity index (χ3n) is 3.61. The third-order valence-corrected chi connectivity index (χ3v) is 4.31. The molecule has 1 rings (SSSR count). The Morgan fingerprint density at radius 1 is 1.27 bits per heavy atom. The molecule has 0 saturated carbocycles. The van der Waals surface area contributed by atoms with E-state index in [1.54, 1.807) is 11.3 Å². The highest BCUT2D eigenvalue weighted by Crippen LogP contribution is 2.22. The Bertz CT molecular complexity index is 386. The Morgan fingerprint density at radius 2 is 1.91 bits per heavy atom. The second kappa shape index (κ2) is 13.1. The molecule has 0 aliphatic rings. The molecule has 0 spiro atoms. The standard InChI is InChI=1S/C15H27N3OS.2ClH/c1-5-18(6-2)14(13-7-8-20-11-13)10-17-15(19)12(3)9-16-4;;/h7-8,11-12,14,16H,5-6,9-10H2,1-4H3,(H,17,19);2*1H. The highest BCUT2D eigenvalue weighted by molar-refractivity contribution is 7.07. The van der Waals surface area contributed by atoms with Crippen molar-refractivity contribution in [3.05, 3.63) is 22.4 Å². The first-order valence-corrected chi connectivity index (χ1v) is 8.26. The van der Waals surface area contributed by atoms with Crippen LogP contribution in [0.15, 0.2) is 16.8 Å². The molecule has 1 aromatic rings. The van der Waals surface area contributed by atoms with Crippen molar-refractivity contribution in [2.75, 3.05) is 33.2 Å². The molecular weight excluding hydrogens is 341 g/mol. The van der Waals surface area contributed by atoms with Crippen LogP contribution in [0.4, 0.5) is 0 Å². The second-order valence-corrected chi connectivity index (χ2v) is 5.78. The van der Waals surface area contributed by atoms with Crippen molar-refractivity contribution in [1.29, 1.82) is 0 Å². The summed E-state index contributed by atoms with van der Waals surface area (Å²) in [6.45, 7) is 9.62. The first-order valence-electron chi connectivity index (χ1n) is 7.32. The van der Waals surface area contributed by atoms with E-state index in [1.807, 2.05) is 14.0 Å². The van der Waals surface area contributed by atoms with Gasteiger partial charge in [-0.1, -0.05) is 20.8 Å². The smallest absolute Gasteiger partial charge is 0.224 e. The van der Waals surface area contributed by atoms with E-state index in [0.717, 1.165) is 13.1 Å². The summed E-state index contributed by atoms with van der Waals surface area (Å²) in [6, 6.07) is 2.42. The SMILES string of the molecule is CCN(CC)C(CNC(=O)C(C)CNC)c1ccsc1.Cl.Cl. The third kappa shape index (κ3) is 7.29. The van der Waals surface area contributed by atoms with E-state index in [2.05, 4.69) is 46.2 Å². The van der Waals surface area contributed by atoms with Gasteiger partial charge in [-0.3, -0.25) is 9.69 Å². The second-order valence-electron chi connectivity index (χ2n) is 5.00. The Kier molecular flexibility index (Phi) is 14.3. The molecule has 2 atom stereocenters. The van der Waals surface area contributed by atoms with Crippen LogP contribution in [-0.2, 0) is 4.79 Å². The monoisotopic (exact) mass is 369 g/mol. The molecule has 130 valence electrons. The van der Waals surface area contributed by atoms with Crippen LogP contribution >= 0.6 is 36.2 Å². The van der Waals surface area contributed by atoms with Crippen LogP contribution in [0, 0.1) is 5.92 Å². The van der Waals surface area contributed by atoms with E-state index in [4.69, 9.17) is 0 Å². The molecule has 0 aliphatic heterocycles. The van der Waals surface area contributed by atoms with E-state index in [9.17, 15) is 4.79 Å². The highest BCUT2D eigenvalue weighted by atomic mass is 35.5. The molecule has 0 aliphatic carbocycles. The molecule has 0 aromatic carbocycles. The summed E-state index contributed by atoms with van der Waals surface area (Å²) in [5, 5.41) is 10.4. The van der Waals surface area contributed by atoms with Crippen molar-refractivity contribution in [3.63, 3.8) is 0 Å². The molecular formula is C15H29Cl2N3OS. The normalized spacial score (nSPS) is 13.0. The number of carbonyl (C=O) groups is 1. The minimum atomic E-state index is -0.000159. The van der Waals surface area contributed by atoms with Gasteiger partial charge >= 0.3 is 0 Å². The molecule has 0 bridgehead atoms. The summed E-state index contributed by atoms with van der Waals surface area (Å²) in [7, 11) is 1.87. The number of rotatable bonds is 9. The quantitative estimate of drug-likeness (QED) is 0.703.